The first-order chi connectivity index (χ1) is 8.19. The van der Waals surface area contributed by atoms with Crippen molar-refractivity contribution >= 4 is 10.0 Å². The molecule has 0 N–H and O–H groups in total. The van der Waals surface area contributed by atoms with Crippen molar-refractivity contribution in [2.24, 2.45) is 0 Å². The summed E-state index contributed by atoms with van der Waals surface area (Å²) < 4.78 is 26.4. The molecule has 0 spiro atoms. The van der Waals surface area contributed by atoms with Gasteiger partial charge in [-0.1, -0.05) is 19.3 Å². The Balaban J connectivity index is 1.63. The van der Waals surface area contributed by atoms with Crippen molar-refractivity contribution in [3.05, 3.63) is 0 Å². The Labute approximate surface area is 104 Å². The van der Waals surface area contributed by atoms with Gasteiger partial charge in [0.15, 0.2) is 0 Å². The summed E-state index contributed by atoms with van der Waals surface area (Å²) in [6, 6.07) is 0.547. The summed E-state index contributed by atoms with van der Waals surface area (Å²) in [7, 11) is -3.00. The van der Waals surface area contributed by atoms with Gasteiger partial charge in [-0.2, -0.15) is 0 Å². The Kier molecular flexibility index (Phi) is 3.17. The molecule has 5 heteroatoms. The van der Waals surface area contributed by atoms with E-state index in [9.17, 15) is 8.42 Å². The average molecular weight is 258 g/mol. The summed E-state index contributed by atoms with van der Waals surface area (Å²) in [6.45, 7) is 2.28. The second-order valence-electron chi connectivity index (χ2n) is 5.59. The minimum Gasteiger partial charge on any atom is -0.279 e. The summed E-state index contributed by atoms with van der Waals surface area (Å²) >= 11 is 0. The third-order valence-corrected chi connectivity index (χ3v) is 6.61. The van der Waals surface area contributed by atoms with Crippen molar-refractivity contribution in [3.63, 3.8) is 0 Å². The fourth-order valence-corrected chi connectivity index (χ4v) is 5.30. The van der Waals surface area contributed by atoms with E-state index in [4.69, 9.17) is 0 Å². The molecule has 1 aliphatic carbocycles. The summed E-state index contributed by atoms with van der Waals surface area (Å²) in [5.41, 5.74) is 0. The average Bonchev–Trinajstić information content (AvgIpc) is 2.97. The minimum atomic E-state index is -3.00. The lowest BCUT2D eigenvalue weighted by Crippen LogP contribution is -2.35. The first-order valence-electron chi connectivity index (χ1n) is 6.94. The maximum Gasteiger partial charge on any atom is 0.231 e. The molecule has 3 aliphatic rings. The number of nitrogens with zero attached hydrogens (tertiary/aromatic N) is 2. The van der Waals surface area contributed by atoms with E-state index in [0.29, 0.717) is 6.04 Å². The van der Waals surface area contributed by atoms with Gasteiger partial charge in [0.1, 0.15) is 5.37 Å². The number of rotatable bonds is 3. The second-order valence-corrected chi connectivity index (χ2v) is 7.68. The maximum atomic E-state index is 12.3. The third kappa shape index (κ3) is 2.25. The molecule has 2 aliphatic heterocycles. The highest BCUT2D eigenvalue weighted by atomic mass is 32.2. The normalized spacial score (nSPS) is 36.2. The molecule has 0 aromatic carbocycles. The van der Waals surface area contributed by atoms with E-state index in [1.165, 1.54) is 32.1 Å². The molecule has 1 saturated carbocycles. The molecule has 0 aromatic rings. The molecule has 98 valence electrons. The molecule has 2 atom stereocenters. The molecule has 2 heterocycles. The molecular weight excluding hydrogens is 236 g/mol. The summed E-state index contributed by atoms with van der Waals surface area (Å²) in [5, 5.41) is -0.177. The Bertz CT molecular complexity index is 370. The Hall–Kier alpha value is -0.130. The van der Waals surface area contributed by atoms with Crippen LogP contribution in [0.2, 0.25) is 0 Å². The van der Waals surface area contributed by atoms with Gasteiger partial charge < -0.3 is 0 Å². The Morgan fingerprint density at radius 3 is 2.18 bits per heavy atom. The van der Waals surface area contributed by atoms with Crippen LogP contribution in [0.1, 0.15) is 44.9 Å². The lowest BCUT2D eigenvalue weighted by Gasteiger charge is -2.24. The zero-order chi connectivity index (χ0) is 11.9. The van der Waals surface area contributed by atoms with E-state index in [1.807, 2.05) is 0 Å². The van der Waals surface area contributed by atoms with Crippen molar-refractivity contribution in [3.8, 4) is 0 Å². The third-order valence-electron chi connectivity index (χ3n) is 4.42. The topological polar surface area (TPSA) is 40.4 Å². The van der Waals surface area contributed by atoms with Crippen LogP contribution in [0.15, 0.2) is 0 Å². The largest absolute Gasteiger partial charge is 0.279 e. The van der Waals surface area contributed by atoms with Crippen LogP contribution < -0.4 is 0 Å². The van der Waals surface area contributed by atoms with Crippen LogP contribution in [-0.2, 0) is 10.0 Å². The van der Waals surface area contributed by atoms with Gasteiger partial charge in [0.05, 0.1) is 0 Å². The van der Waals surface area contributed by atoms with E-state index in [-0.39, 0.29) is 5.37 Å². The highest BCUT2D eigenvalue weighted by molar-refractivity contribution is 7.90. The maximum absolute atomic E-state index is 12.3. The minimum absolute atomic E-state index is 0.177. The van der Waals surface area contributed by atoms with Gasteiger partial charge in [0, 0.05) is 25.7 Å². The zero-order valence-corrected chi connectivity index (χ0v) is 11.2. The molecule has 0 amide bonds. The Morgan fingerprint density at radius 1 is 0.882 bits per heavy atom. The molecule has 0 radical (unpaired) electrons. The molecule has 3 fully saturated rings. The predicted molar refractivity (Wildman–Crippen MR) is 67.1 cm³/mol. The summed E-state index contributed by atoms with van der Waals surface area (Å²) in [5.74, 6) is 0. The van der Waals surface area contributed by atoms with Crippen LogP contribution in [-0.4, -0.2) is 48.7 Å². The van der Waals surface area contributed by atoms with Crippen LogP contribution in [0.4, 0.5) is 0 Å². The number of hydrogen-bond donors (Lipinski definition) is 0. The van der Waals surface area contributed by atoms with Gasteiger partial charge in [0.2, 0.25) is 10.0 Å². The van der Waals surface area contributed by atoms with Crippen molar-refractivity contribution in [2.45, 2.75) is 56.4 Å². The van der Waals surface area contributed by atoms with Gasteiger partial charge in [0.25, 0.3) is 0 Å². The number of hydrogen-bond acceptors (Lipinski definition) is 3. The van der Waals surface area contributed by atoms with Crippen LogP contribution >= 0.6 is 0 Å². The summed E-state index contributed by atoms with van der Waals surface area (Å²) in [6.07, 6.45) is 8.35. The van der Waals surface area contributed by atoms with E-state index < -0.39 is 10.0 Å². The molecule has 3 rings (SSSR count). The van der Waals surface area contributed by atoms with Crippen LogP contribution in [0, 0.1) is 0 Å². The predicted octanol–water partition coefficient (Wildman–Crippen LogP) is 1.39. The molecular formula is C12H22N2O2S. The SMILES string of the molecule is O=S(=O)(C1CN1C1CCCCC1)N1CCCC1. The van der Waals surface area contributed by atoms with Crippen LogP contribution in [0.3, 0.4) is 0 Å². The number of sulfonamides is 1. The summed E-state index contributed by atoms with van der Waals surface area (Å²) in [4.78, 5) is 2.22. The van der Waals surface area contributed by atoms with E-state index in [2.05, 4.69) is 4.90 Å². The monoisotopic (exact) mass is 258 g/mol. The Morgan fingerprint density at radius 2 is 1.53 bits per heavy atom. The van der Waals surface area contributed by atoms with Gasteiger partial charge in [-0.15, -0.1) is 0 Å². The quantitative estimate of drug-likeness (QED) is 0.718. The molecule has 2 saturated heterocycles. The zero-order valence-electron chi connectivity index (χ0n) is 10.3. The highest BCUT2D eigenvalue weighted by Crippen LogP contribution is 2.35. The fourth-order valence-electron chi connectivity index (χ4n) is 3.31. The molecule has 0 bridgehead atoms. The van der Waals surface area contributed by atoms with E-state index in [0.717, 1.165) is 32.5 Å². The van der Waals surface area contributed by atoms with Crippen LogP contribution in [0.5, 0.6) is 0 Å². The van der Waals surface area contributed by atoms with Gasteiger partial charge in [-0.25, -0.2) is 12.7 Å². The van der Waals surface area contributed by atoms with E-state index >= 15 is 0 Å². The first kappa shape index (κ1) is 11.9. The van der Waals surface area contributed by atoms with Gasteiger partial charge in [-0.05, 0) is 25.7 Å². The van der Waals surface area contributed by atoms with Crippen LogP contribution in [0.25, 0.3) is 0 Å². The second kappa shape index (κ2) is 4.52. The molecule has 17 heavy (non-hydrogen) atoms. The van der Waals surface area contributed by atoms with Crippen molar-refractivity contribution < 1.29 is 8.42 Å². The van der Waals surface area contributed by atoms with Crippen molar-refractivity contribution in [1.82, 2.24) is 9.21 Å². The van der Waals surface area contributed by atoms with Crippen molar-refractivity contribution in [1.29, 1.82) is 0 Å². The highest BCUT2D eigenvalue weighted by Gasteiger charge is 2.51. The smallest absolute Gasteiger partial charge is 0.231 e. The molecule has 4 nitrogen and oxygen atoms in total. The van der Waals surface area contributed by atoms with E-state index in [1.54, 1.807) is 4.31 Å². The van der Waals surface area contributed by atoms with Gasteiger partial charge in [-0.3, -0.25) is 4.90 Å². The lowest BCUT2D eigenvalue weighted by atomic mass is 9.96. The fraction of sp³-hybridized carbons (Fsp3) is 1.00. The molecule has 0 aromatic heterocycles. The first-order valence-corrected chi connectivity index (χ1v) is 8.44. The van der Waals surface area contributed by atoms with Gasteiger partial charge >= 0.3 is 0 Å². The molecule has 2 unspecified atom stereocenters. The lowest BCUT2D eigenvalue weighted by molar-refractivity contribution is 0.291. The standard InChI is InChI=1S/C12H22N2O2S/c15-17(16,13-8-4-5-9-13)12-10-14(12)11-6-2-1-3-7-11/h11-12H,1-10H2. The van der Waals surface area contributed by atoms with Crippen molar-refractivity contribution in [2.75, 3.05) is 19.6 Å².